The molecule has 1 amide bonds. The van der Waals surface area contributed by atoms with Crippen LogP contribution in [0.2, 0.25) is 0 Å². The summed E-state index contributed by atoms with van der Waals surface area (Å²) in [6.45, 7) is -0.549. The molecule has 0 spiro atoms. The molecule has 4 nitrogen and oxygen atoms in total. The molecule has 0 aliphatic rings. The minimum atomic E-state index is -4.54. The van der Waals surface area contributed by atoms with Gasteiger partial charge in [0.1, 0.15) is 6.54 Å². The van der Waals surface area contributed by atoms with Crippen LogP contribution in [0.5, 0.6) is 0 Å². The standard InChI is InChI=1S/C12H12F3NO3/c1-16(7-11(18)19)10(17)6-8-4-2-3-5-9(8)12(13,14)15/h2-5H,6-7H2,1H3,(H,18,19). The van der Waals surface area contributed by atoms with Crippen LogP contribution in [0.25, 0.3) is 0 Å². The Hall–Kier alpha value is -2.05. The van der Waals surface area contributed by atoms with E-state index in [4.69, 9.17) is 5.11 Å². The number of carboxylic acids is 1. The fourth-order valence-corrected chi connectivity index (χ4v) is 1.54. The molecule has 0 aliphatic carbocycles. The normalized spacial score (nSPS) is 11.2. The van der Waals surface area contributed by atoms with Crippen LogP contribution in [0.4, 0.5) is 13.2 Å². The van der Waals surface area contributed by atoms with E-state index in [0.29, 0.717) is 0 Å². The fourth-order valence-electron chi connectivity index (χ4n) is 1.54. The summed E-state index contributed by atoms with van der Waals surface area (Å²) >= 11 is 0. The van der Waals surface area contributed by atoms with E-state index >= 15 is 0 Å². The molecule has 1 aromatic rings. The summed E-state index contributed by atoms with van der Waals surface area (Å²) in [5.74, 6) is -1.90. The van der Waals surface area contributed by atoms with Crippen molar-refractivity contribution in [2.75, 3.05) is 13.6 Å². The van der Waals surface area contributed by atoms with E-state index < -0.39 is 36.6 Å². The van der Waals surface area contributed by atoms with E-state index in [-0.39, 0.29) is 5.56 Å². The van der Waals surface area contributed by atoms with Gasteiger partial charge in [-0.15, -0.1) is 0 Å². The number of carbonyl (C=O) groups excluding carboxylic acids is 1. The van der Waals surface area contributed by atoms with Crippen molar-refractivity contribution in [2.24, 2.45) is 0 Å². The van der Waals surface area contributed by atoms with Crippen LogP contribution in [-0.4, -0.2) is 35.5 Å². The third kappa shape index (κ3) is 4.27. The number of hydrogen-bond acceptors (Lipinski definition) is 2. The molecule has 0 aliphatic heterocycles. The highest BCUT2D eigenvalue weighted by atomic mass is 19.4. The Kier molecular flexibility index (Phi) is 4.52. The van der Waals surface area contributed by atoms with E-state index in [9.17, 15) is 22.8 Å². The van der Waals surface area contributed by atoms with Crippen LogP contribution in [0.15, 0.2) is 24.3 Å². The van der Waals surface area contributed by atoms with Gasteiger partial charge in [0.25, 0.3) is 0 Å². The summed E-state index contributed by atoms with van der Waals surface area (Å²) in [6, 6.07) is 4.72. The van der Waals surface area contributed by atoms with Crippen molar-refractivity contribution in [1.29, 1.82) is 0 Å². The Bertz CT molecular complexity index is 485. The Morgan fingerprint density at radius 2 is 1.84 bits per heavy atom. The smallest absolute Gasteiger partial charge is 0.416 e. The monoisotopic (exact) mass is 275 g/mol. The highest BCUT2D eigenvalue weighted by Crippen LogP contribution is 2.32. The molecular formula is C12H12F3NO3. The minimum Gasteiger partial charge on any atom is -0.480 e. The number of carbonyl (C=O) groups is 2. The lowest BCUT2D eigenvalue weighted by Gasteiger charge is -2.17. The Morgan fingerprint density at radius 3 is 2.37 bits per heavy atom. The molecule has 1 N–H and O–H groups in total. The number of aliphatic carboxylic acids is 1. The fraction of sp³-hybridized carbons (Fsp3) is 0.333. The lowest BCUT2D eigenvalue weighted by atomic mass is 10.0. The van der Waals surface area contributed by atoms with E-state index in [1.165, 1.54) is 25.2 Å². The Balaban J connectivity index is 2.88. The van der Waals surface area contributed by atoms with Crippen molar-refractivity contribution in [2.45, 2.75) is 12.6 Å². The van der Waals surface area contributed by atoms with Crippen LogP contribution in [0.3, 0.4) is 0 Å². The van der Waals surface area contributed by atoms with Crippen LogP contribution in [-0.2, 0) is 22.2 Å². The third-order valence-corrected chi connectivity index (χ3v) is 2.46. The molecule has 0 saturated carbocycles. The first kappa shape index (κ1) is 15.0. The van der Waals surface area contributed by atoms with Crippen molar-refractivity contribution in [3.05, 3.63) is 35.4 Å². The molecular weight excluding hydrogens is 263 g/mol. The highest BCUT2D eigenvalue weighted by molar-refractivity contribution is 5.83. The summed E-state index contributed by atoms with van der Waals surface area (Å²) < 4.78 is 38.1. The summed E-state index contributed by atoms with van der Waals surface area (Å²) in [7, 11) is 1.23. The number of hydrogen-bond donors (Lipinski definition) is 1. The number of halogens is 3. The first-order valence-electron chi connectivity index (χ1n) is 5.32. The second-order valence-corrected chi connectivity index (χ2v) is 3.98. The predicted molar refractivity (Wildman–Crippen MR) is 60.4 cm³/mol. The molecule has 0 fully saturated rings. The van der Waals surface area contributed by atoms with E-state index in [2.05, 4.69) is 0 Å². The lowest BCUT2D eigenvalue weighted by molar-refractivity contribution is -0.144. The maximum atomic E-state index is 12.7. The Morgan fingerprint density at radius 1 is 1.26 bits per heavy atom. The van der Waals surface area contributed by atoms with Crippen LogP contribution < -0.4 is 0 Å². The molecule has 0 saturated heterocycles. The van der Waals surface area contributed by atoms with Crippen LogP contribution >= 0.6 is 0 Å². The van der Waals surface area contributed by atoms with Gasteiger partial charge < -0.3 is 10.0 Å². The zero-order valence-corrected chi connectivity index (χ0v) is 10.1. The number of amides is 1. The average molecular weight is 275 g/mol. The maximum Gasteiger partial charge on any atom is 0.416 e. The zero-order chi connectivity index (χ0) is 14.6. The first-order chi connectivity index (χ1) is 8.71. The largest absolute Gasteiger partial charge is 0.480 e. The molecule has 0 bridgehead atoms. The molecule has 7 heteroatoms. The summed E-state index contributed by atoms with van der Waals surface area (Å²) in [4.78, 5) is 22.9. The molecule has 0 unspecified atom stereocenters. The van der Waals surface area contributed by atoms with Gasteiger partial charge in [0, 0.05) is 7.05 Å². The van der Waals surface area contributed by atoms with E-state index in [1.807, 2.05) is 0 Å². The third-order valence-electron chi connectivity index (χ3n) is 2.46. The van der Waals surface area contributed by atoms with Gasteiger partial charge in [0.15, 0.2) is 0 Å². The maximum absolute atomic E-state index is 12.7. The molecule has 19 heavy (non-hydrogen) atoms. The number of benzene rings is 1. The van der Waals surface area contributed by atoms with Crippen molar-refractivity contribution in [3.8, 4) is 0 Å². The van der Waals surface area contributed by atoms with Gasteiger partial charge >= 0.3 is 12.1 Å². The van der Waals surface area contributed by atoms with Crippen LogP contribution in [0.1, 0.15) is 11.1 Å². The van der Waals surface area contributed by atoms with Gasteiger partial charge in [0.05, 0.1) is 12.0 Å². The zero-order valence-electron chi connectivity index (χ0n) is 10.1. The van der Waals surface area contributed by atoms with Gasteiger partial charge in [0.2, 0.25) is 5.91 Å². The first-order valence-corrected chi connectivity index (χ1v) is 5.32. The average Bonchev–Trinajstić information content (AvgIpc) is 2.27. The second kappa shape index (κ2) is 5.73. The van der Waals surface area contributed by atoms with Crippen molar-refractivity contribution < 1.29 is 27.9 Å². The predicted octanol–water partition coefficient (Wildman–Crippen LogP) is 1.79. The van der Waals surface area contributed by atoms with Crippen molar-refractivity contribution >= 4 is 11.9 Å². The minimum absolute atomic E-state index is 0.169. The number of likely N-dealkylation sites (N-methyl/N-ethyl adjacent to an activating group) is 1. The number of nitrogens with zero attached hydrogens (tertiary/aromatic N) is 1. The molecule has 1 aromatic carbocycles. The quantitative estimate of drug-likeness (QED) is 0.911. The van der Waals surface area contributed by atoms with E-state index in [0.717, 1.165) is 11.0 Å². The molecule has 0 heterocycles. The van der Waals surface area contributed by atoms with Crippen LogP contribution in [0, 0.1) is 0 Å². The van der Waals surface area contributed by atoms with Crippen molar-refractivity contribution in [3.63, 3.8) is 0 Å². The molecule has 0 radical (unpaired) electrons. The number of alkyl halides is 3. The second-order valence-electron chi connectivity index (χ2n) is 3.98. The summed E-state index contributed by atoms with van der Waals surface area (Å²) in [6.07, 6.45) is -5.03. The van der Waals surface area contributed by atoms with Gasteiger partial charge in [-0.2, -0.15) is 13.2 Å². The topological polar surface area (TPSA) is 57.6 Å². The molecule has 0 atom stereocenters. The van der Waals surface area contributed by atoms with Gasteiger partial charge in [-0.1, -0.05) is 18.2 Å². The number of carboxylic acid groups (broad SMARTS) is 1. The summed E-state index contributed by atoms with van der Waals surface area (Å²) in [5, 5.41) is 8.51. The Labute approximate surface area is 107 Å². The van der Waals surface area contributed by atoms with Gasteiger partial charge in [-0.25, -0.2) is 0 Å². The van der Waals surface area contributed by atoms with E-state index in [1.54, 1.807) is 0 Å². The molecule has 1 rings (SSSR count). The molecule has 0 aromatic heterocycles. The number of rotatable bonds is 4. The summed E-state index contributed by atoms with van der Waals surface area (Å²) in [5.41, 5.74) is -1.05. The SMILES string of the molecule is CN(CC(=O)O)C(=O)Cc1ccccc1C(F)(F)F. The van der Waals surface area contributed by atoms with Gasteiger partial charge in [-0.05, 0) is 11.6 Å². The lowest BCUT2D eigenvalue weighted by Crippen LogP contribution is -2.33. The van der Waals surface area contributed by atoms with Gasteiger partial charge in [-0.3, -0.25) is 9.59 Å². The van der Waals surface area contributed by atoms with Crippen molar-refractivity contribution in [1.82, 2.24) is 4.90 Å². The molecule has 104 valence electrons. The highest BCUT2D eigenvalue weighted by Gasteiger charge is 2.33.